The third kappa shape index (κ3) is 65.6. The van der Waals surface area contributed by atoms with E-state index in [1.165, 1.54) is 340 Å². The molecule has 0 heterocycles. The molecule has 0 aromatic carbocycles. The normalized spacial score (nSPS) is 12.5. The lowest BCUT2D eigenvalue weighted by Crippen LogP contribution is -2.45. The number of carbonyl (C=O) groups excluding carboxylic acids is 2. The van der Waals surface area contributed by atoms with Crippen LogP contribution in [0.5, 0.6) is 0 Å². The van der Waals surface area contributed by atoms with Gasteiger partial charge in [0.25, 0.3) is 0 Å². The first kappa shape index (κ1) is 77.6. The van der Waals surface area contributed by atoms with Crippen LogP contribution in [-0.2, 0) is 14.3 Å². The zero-order valence-electron chi connectivity index (χ0n) is 53.9. The highest BCUT2D eigenvalue weighted by Crippen LogP contribution is 2.20. The van der Waals surface area contributed by atoms with Gasteiger partial charge in [-0.3, -0.25) is 9.59 Å². The van der Waals surface area contributed by atoms with Crippen molar-refractivity contribution in [3.05, 3.63) is 12.2 Å². The van der Waals surface area contributed by atoms with Gasteiger partial charge in [0, 0.05) is 12.8 Å². The fraction of sp³-hybridized carbons (Fsp3) is 0.945. The zero-order chi connectivity index (χ0) is 57.1. The fourth-order valence-electron chi connectivity index (χ4n) is 11.8. The van der Waals surface area contributed by atoms with E-state index in [9.17, 15) is 19.8 Å². The van der Waals surface area contributed by atoms with Gasteiger partial charge in [-0.2, -0.15) is 0 Å². The molecule has 0 bridgehead atoms. The Morgan fingerprint density at radius 1 is 0.342 bits per heavy atom. The Morgan fingerprint density at radius 3 is 0.899 bits per heavy atom. The molecule has 0 aromatic heterocycles. The van der Waals surface area contributed by atoms with Gasteiger partial charge in [0.15, 0.2) is 0 Å². The average Bonchev–Trinajstić information content (AvgIpc) is 3.45. The Bertz CT molecular complexity index is 1190. The summed E-state index contributed by atoms with van der Waals surface area (Å²) in [6, 6.07) is -0.536. The van der Waals surface area contributed by atoms with Crippen molar-refractivity contribution in [1.82, 2.24) is 5.32 Å². The number of aliphatic hydroxyl groups is 2. The Labute approximate surface area is 495 Å². The van der Waals surface area contributed by atoms with E-state index in [2.05, 4.69) is 31.3 Å². The summed E-state index contributed by atoms with van der Waals surface area (Å²) < 4.78 is 5.49. The van der Waals surface area contributed by atoms with Crippen molar-refractivity contribution in [1.29, 1.82) is 0 Å². The lowest BCUT2D eigenvalue weighted by molar-refractivity contribution is -0.143. The van der Waals surface area contributed by atoms with Crippen LogP contribution in [0.4, 0.5) is 0 Å². The summed E-state index contributed by atoms with van der Waals surface area (Å²) in [7, 11) is 0. The molecular weight excluding hydrogens is 971 g/mol. The molecule has 0 fully saturated rings. The van der Waals surface area contributed by atoms with Gasteiger partial charge in [-0.05, 0) is 51.4 Å². The fourth-order valence-corrected chi connectivity index (χ4v) is 11.8. The van der Waals surface area contributed by atoms with E-state index >= 15 is 0 Å². The van der Waals surface area contributed by atoms with Crippen LogP contribution < -0.4 is 5.32 Å². The maximum atomic E-state index is 12.5. The number of unbranched alkanes of at least 4 members (excludes halogenated alkanes) is 56. The molecule has 1 amide bonds. The monoisotopic (exact) mass is 1110 g/mol. The molecule has 0 saturated carbocycles. The summed E-state index contributed by atoms with van der Waals surface area (Å²) in [6.45, 7) is 4.98. The van der Waals surface area contributed by atoms with E-state index in [4.69, 9.17) is 4.74 Å². The number of allylic oxidation sites excluding steroid dienone is 2. The van der Waals surface area contributed by atoms with Gasteiger partial charge in [-0.1, -0.05) is 366 Å². The summed E-state index contributed by atoms with van der Waals surface area (Å²) in [4.78, 5) is 24.6. The van der Waals surface area contributed by atoms with Crippen molar-refractivity contribution in [3.63, 3.8) is 0 Å². The number of aliphatic hydroxyl groups excluding tert-OH is 2. The van der Waals surface area contributed by atoms with Gasteiger partial charge in [0.05, 0.1) is 25.4 Å². The molecule has 0 aromatic rings. The van der Waals surface area contributed by atoms with E-state index in [-0.39, 0.29) is 18.5 Å². The van der Waals surface area contributed by atoms with Crippen molar-refractivity contribution in [3.8, 4) is 0 Å². The minimum Gasteiger partial charge on any atom is -0.466 e. The van der Waals surface area contributed by atoms with E-state index in [0.717, 1.165) is 44.9 Å². The summed E-state index contributed by atoms with van der Waals surface area (Å²) in [5.74, 6) is -0.0122. The second-order valence-electron chi connectivity index (χ2n) is 25.3. The number of hydrogen-bond acceptors (Lipinski definition) is 5. The second-order valence-corrected chi connectivity index (χ2v) is 25.3. The number of carbonyl (C=O) groups is 2. The summed E-state index contributed by atoms with van der Waals surface area (Å²) in [6.07, 6.45) is 85.7. The summed E-state index contributed by atoms with van der Waals surface area (Å²) >= 11 is 0. The van der Waals surface area contributed by atoms with Crippen LogP contribution in [0.15, 0.2) is 12.2 Å². The van der Waals surface area contributed by atoms with Crippen LogP contribution in [0.3, 0.4) is 0 Å². The highest BCUT2D eigenvalue weighted by Gasteiger charge is 2.20. The van der Waals surface area contributed by atoms with Crippen LogP contribution in [0, 0.1) is 0 Å². The smallest absolute Gasteiger partial charge is 0.305 e. The van der Waals surface area contributed by atoms with Crippen molar-refractivity contribution in [2.24, 2.45) is 0 Å². The number of esters is 1. The first-order valence-corrected chi connectivity index (χ1v) is 36.4. The average molecular weight is 1110 g/mol. The highest BCUT2D eigenvalue weighted by atomic mass is 16.5. The van der Waals surface area contributed by atoms with E-state index in [0.29, 0.717) is 25.9 Å². The second kappa shape index (κ2) is 69.1. The topological polar surface area (TPSA) is 95.9 Å². The maximum Gasteiger partial charge on any atom is 0.305 e. The molecule has 3 N–H and O–H groups in total. The minimum absolute atomic E-state index is 0.0148. The molecule has 0 radical (unpaired) electrons. The third-order valence-corrected chi connectivity index (χ3v) is 17.3. The van der Waals surface area contributed by atoms with Crippen LogP contribution in [-0.4, -0.2) is 47.4 Å². The van der Waals surface area contributed by atoms with Gasteiger partial charge in [0.1, 0.15) is 0 Å². The van der Waals surface area contributed by atoms with Crippen LogP contribution in [0.2, 0.25) is 0 Å². The number of nitrogens with one attached hydrogen (secondary N) is 1. The quantitative estimate of drug-likeness (QED) is 0.0320. The molecule has 0 rings (SSSR count). The molecule has 0 aliphatic heterocycles. The van der Waals surface area contributed by atoms with Gasteiger partial charge in [0.2, 0.25) is 5.91 Å². The third-order valence-electron chi connectivity index (χ3n) is 17.3. The molecule has 0 aliphatic rings. The summed E-state index contributed by atoms with van der Waals surface area (Å²) in [5, 5.41) is 23.3. The summed E-state index contributed by atoms with van der Waals surface area (Å²) in [5.41, 5.74) is 0. The number of rotatable bonds is 69. The SMILES string of the molecule is CCCCCCC/C=C\CCCCCCCC(=O)OCCCCCCCCCCCCCCCCCCCCCCCCCCCCCCCCCCCCCC(=O)NC(CO)C(O)CCCCCCCCCCCCCCC. The highest BCUT2D eigenvalue weighted by molar-refractivity contribution is 5.76. The van der Waals surface area contributed by atoms with Crippen molar-refractivity contribution < 1.29 is 24.5 Å². The standard InChI is InChI=1S/C73H143NO5/c1-3-5-7-9-11-13-15-17-43-47-51-55-59-63-67-73(78)79-68-64-60-56-52-48-44-40-38-36-34-32-30-28-26-24-22-20-18-19-21-23-25-27-29-31-33-35-37-39-42-46-50-54-58-62-66-72(77)74-70(69-75)71(76)65-61-57-53-49-45-41-16-14-12-10-8-6-4-2/h15,17,70-71,75-76H,3-14,16,18-69H2,1-2H3,(H,74,77)/b17-15-. The van der Waals surface area contributed by atoms with Crippen molar-refractivity contribution in [2.75, 3.05) is 13.2 Å². The van der Waals surface area contributed by atoms with Crippen molar-refractivity contribution in [2.45, 2.75) is 431 Å². The van der Waals surface area contributed by atoms with E-state index in [1.807, 2.05) is 0 Å². The molecule has 470 valence electrons. The molecule has 0 aliphatic carbocycles. The zero-order valence-corrected chi connectivity index (χ0v) is 53.9. The molecule has 2 unspecified atom stereocenters. The van der Waals surface area contributed by atoms with Gasteiger partial charge in [-0.15, -0.1) is 0 Å². The predicted octanol–water partition coefficient (Wildman–Crippen LogP) is 23.5. The molecule has 2 atom stereocenters. The molecule has 0 saturated heterocycles. The molecule has 0 spiro atoms. The molecule has 6 heteroatoms. The Kier molecular flexibility index (Phi) is 67.9. The maximum absolute atomic E-state index is 12.5. The number of amides is 1. The lowest BCUT2D eigenvalue weighted by Gasteiger charge is -2.22. The Hall–Kier alpha value is -1.40. The van der Waals surface area contributed by atoms with Crippen LogP contribution in [0.1, 0.15) is 418 Å². The van der Waals surface area contributed by atoms with E-state index in [1.54, 1.807) is 0 Å². The number of ether oxygens (including phenoxy) is 1. The molecular formula is C73H143NO5. The first-order valence-electron chi connectivity index (χ1n) is 36.4. The van der Waals surface area contributed by atoms with Gasteiger partial charge in [-0.25, -0.2) is 0 Å². The first-order chi connectivity index (χ1) is 39.0. The largest absolute Gasteiger partial charge is 0.466 e. The minimum atomic E-state index is -0.659. The van der Waals surface area contributed by atoms with Crippen LogP contribution >= 0.6 is 0 Å². The van der Waals surface area contributed by atoms with Crippen LogP contribution in [0.25, 0.3) is 0 Å². The Morgan fingerprint density at radius 2 is 0.595 bits per heavy atom. The number of hydrogen-bond donors (Lipinski definition) is 3. The molecule has 6 nitrogen and oxygen atoms in total. The lowest BCUT2D eigenvalue weighted by atomic mass is 10.0. The van der Waals surface area contributed by atoms with Crippen molar-refractivity contribution >= 4 is 11.9 Å². The van der Waals surface area contributed by atoms with Gasteiger partial charge >= 0.3 is 5.97 Å². The van der Waals surface area contributed by atoms with Gasteiger partial charge < -0.3 is 20.3 Å². The Balaban J connectivity index is 3.29. The predicted molar refractivity (Wildman–Crippen MR) is 347 cm³/mol. The van der Waals surface area contributed by atoms with E-state index < -0.39 is 12.1 Å². The molecule has 79 heavy (non-hydrogen) atoms.